The maximum absolute atomic E-state index is 10.4. The van der Waals surface area contributed by atoms with Crippen molar-refractivity contribution in [1.29, 1.82) is 0 Å². The summed E-state index contributed by atoms with van der Waals surface area (Å²) in [5, 5.41) is 8.60. The average Bonchev–Trinajstić information content (AvgIpc) is 2.76. The Morgan fingerprint density at radius 2 is 0.774 bits per heavy atom. The van der Waals surface area contributed by atoms with Gasteiger partial charge in [0.2, 0.25) is 0 Å². The van der Waals surface area contributed by atoms with Gasteiger partial charge in [-0.05, 0) is 32.1 Å². The zero-order valence-corrected chi connectivity index (χ0v) is 21.2. The third-order valence-corrected chi connectivity index (χ3v) is 6.40. The summed E-state index contributed by atoms with van der Waals surface area (Å²) < 4.78 is 0. The molecule has 0 aliphatic heterocycles. The third kappa shape index (κ3) is 29.2. The molecule has 0 atom stereocenters. The number of carboxylic acids is 1. The molecule has 0 aromatic heterocycles. The van der Waals surface area contributed by atoms with Gasteiger partial charge in [0.15, 0.2) is 0 Å². The molecule has 0 aliphatic carbocycles. The highest BCUT2D eigenvalue weighted by Crippen LogP contribution is 2.15. The van der Waals surface area contributed by atoms with Crippen LogP contribution in [0.15, 0.2) is 12.2 Å². The minimum Gasteiger partial charge on any atom is -0.481 e. The van der Waals surface area contributed by atoms with Crippen LogP contribution in [0.1, 0.15) is 167 Å². The molecule has 0 aliphatic rings. The van der Waals surface area contributed by atoms with Gasteiger partial charge in [0.05, 0.1) is 0 Å². The van der Waals surface area contributed by atoms with Gasteiger partial charge in [0.25, 0.3) is 0 Å². The van der Waals surface area contributed by atoms with E-state index in [9.17, 15) is 4.79 Å². The van der Waals surface area contributed by atoms with Crippen molar-refractivity contribution >= 4 is 5.97 Å². The maximum Gasteiger partial charge on any atom is 0.303 e. The molecule has 0 bridgehead atoms. The topological polar surface area (TPSA) is 37.3 Å². The molecule has 0 unspecified atom stereocenters. The van der Waals surface area contributed by atoms with Crippen LogP contribution in [0.25, 0.3) is 0 Å². The maximum atomic E-state index is 10.4. The Labute approximate surface area is 195 Å². The molecule has 0 aromatic carbocycles. The highest BCUT2D eigenvalue weighted by atomic mass is 16.4. The highest BCUT2D eigenvalue weighted by molar-refractivity contribution is 5.66. The van der Waals surface area contributed by atoms with Gasteiger partial charge in [0, 0.05) is 6.42 Å². The number of carboxylic acid groups (broad SMARTS) is 1. The second-order valence-corrected chi connectivity index (χ2v) is 9.62. The fraction of sp³-hybridized carbons (Fsp3) is 0.897. The van der Waals surface area contributed by atoms with E-state index >= 15 is 0 Å². The number of rotatable bonds is 26. The van der Waals surface area contributed by atoms with Crippen LogP contribution in [-0.2, 0) is 4.79 Å². The lowest BCUT2D eigenvalue weighted by atomic mass is 10.0. The molecule has 0 saturated carbocycles. The third-order valence-electron chi connectivity index (χ3n) is 6.40. The molecule has 0 spiro atoms. The van der Waals surface area contributed by atoms with Crippen molar-refractivity contribution in [3.8, 4) is 0 Å². The standard InChI is InChI=1S/C29H56O2/c1-2-3-4-5-6-7-8-9-10-11-12-13-14-15-16-17-18-19-20-21-22-23-24-25-26-27-28-29(30)31/h6-7H,2-5,8-28H2,1H3,(H,30,31)/b7-6-. The Morgan fingerprint density at radius 3 is 1.10 bits per heavy atom. The summed E-state index contributed by atoms with van der Waals surface area (Å²) in [7, 11) is 0. The van der Waals surface area contributed by atoms with E-state index in [0.29, 0.717) is 6.42 Å². The molecular weight excluding hydrogens is 380 g/mol. The highest BCUT2D eigenvalue weighted by Gasteiger charge is 1.97. The van der Waals surface area contributed by atoms with Gasteiger partial charge >= 0.3 is 5.97 Å². The lowest BCUT2D eigenvalue weighted by Crippen LogP contribution is -1.93. The minimum absolute atomic E-state index is 0.345. The number of unbranched alkanes of at least 4 members (excludes halogenated alkanes) is 22. The fourth-order valence-corrected chi connectivity index (χ4v) is 4.29. The van der Waals surface area contributed by atoms with Crippen LogP contribution >= 0.6 is 0 Å². The van der Waals surface area contributed by atoms with Crippen molar-refractivity contribution in [2.45, 2.75) is 167 Å². The van der Waals surface area contributed by atoms with E-state index in [4.69, 9.17) is 5.11 Å². The van der Waals surface area contributed by atoms with E-state index in [1.165, 1.54) is 141 Å². The zero-order chi connectivity index (χ0) is 22.7. The lowest BCUT2D eigenvalue weighted by molar-refractivity contribution is -0.137. The van der Waals surface area contributed by atoms with Crippen LogP contribution in [0.3, 0.4) is 0 Å². The van der Waals surface area contributed by atoms with Crippen LogP contribution < -0.4 is 0 Å². The fourth-order valence-electron chi connectivity index (χ4n) is 4.29. The molecule has 0 saturated heterocycles. The number of hydrogen-bond acceptors (Lipinski definition) is 1. The van der Waals surface area contributed by atoms with Crippen LogP contribution in [0, 0.1) is 0 Å². The summed E-state index contributed by atoms with van der Waals surface area (Å²) in [6.45, 7) is 2.27. The van der Waals surface area contributed by atoms with Gasteiger partial charge in [-0.3, -0.25) is 4.79 Å². The van der Waals surface area contributed by atoms with Gasteiger partial charge in [-0.1, -0.05) is 141 Å². The van der Waals surface area contributed by atoms with E-state index < -0.39 is 5.97 Å². The first-order valence-corrected chi connectivity index (χ1v) is 14.1. The van der Waals surface area contributed by atoms with Gasteiger partial charge in [-0.15, -0.1) is 0 Å². The molecule has 0 aromatic rings. The van der Waals surface area contributed by atoms with Gasteiger partial charge in [-0.2, -0.15) is 0 Å². The number of aliphatic carboxylic acids is 1. The molecule has 0 radical (unpaired) electrons. The van der Waals surface area contributed by atoms with E-state index in [1.54, 1.807) is 0 Å². The largest absolute Gasteiger partial charge is 0.481 e. The number of allylic oxidation sites excluding steroid dienone is 2. The second kappa shape index (κ2) is 27.2. The Kier molecular flexibility index (Phi) is 26.5. The monoisotopic (exact) mass is 436 g/mol. The van der Waals surface area contributed by atoms with Crippen LogP contribution in [-0.4, -0.2) is 11.1 Å². The Hall–Kier alpha value is -0.790. The molecular formula is C29H56O2. The Morgan fingerprint density at radius 1 is 0.484 bits per heavy atom. The summed E-state index contributed by atoms with van der Waals surface area (Å²) in [6.07, 6.45) is 37.5. The molecule has 1 N–H and O–H groups in total. The molecule has 2 nitrogen and oxygen atoms in total. The molecule has 0 amide bonds. The first kappa shape index (κ1) is 30.2. The van der Waals surface area contributed by atoms with Crippen molar-refractivity contribution in [1.82, 2.24) is 0 Å². The van der Waals surface area contributed by atoms with Crippen LogP contribution in [0.4, 0.5) is 0 Å². The second-order valence-electron chi connectivity index (χ2n) is 9.62. The minimum atomic E-state index is -0.651. The Balaban J connectivity index is 3.04. The first-order valence-electron chi connectivity index (χ1n) is 14.1. The van der Waals surface area contributed by atoms with Gasteiger partial charge in [-0.25, -0.2) is 0 Å². The molecule has 0 heterocycles. The summed E-state index contributed by atoms with van der Waals surface area (Å²) in [6, 6.07) is 0. The van der Waals surface area contributed by atoms with E-state index in [0.717, 1.165) is 12.8 Å². The molecule has 184 valence electrons. The number of carbonyl (C=O) groups is 1. The van der Waals surface area contributed by atoms with Gasteiger partial charge < -0.3 is 5.11 Å². The van der Waals surface area contributed by atoms with Crippen molar-refractivity contribution in [3.05, 3.63) is 12.2 Å². The summed E-state index contributed by atoms with van der Waals surface area (Å²) in [5.41, 5.74) is 0. The SMILES string of the molecule is CCCCC/C=C\CCCCCCCCCCCCCCCCCCCCCC(=O)O. The van der Waals surface area contributed by atoms with Crippen LogP contribution in [0.2, 0.25) is 0 Å². The van der Waals surface area contributed by atoms with E-state index in [1.807, 2.05) is 0 Å². The quantitative estimate of drug-likeness (QED) is 0.108. The summed E-state index contributed by atoms with van der Waals surface area (Å²) in [4.78, 5) is 10.4. The van der Waals surface area contributed by atoms with E-state index in [2.05, 4.69) is 19.1 Å². The average molecular weight is 437 g/mol. The van der Waals surface area contributed by atoms with Gasteiger partial charge in [0.1, 0.15) is 0 Å². The van der Waals surface area contributed by atoms with Crippen LogP contribution in [0.5, 0.6) is 0 Å². The molecule has 0 fully saturated rings. The number of hydrogen-bond donors (Lipinski definition) is 1. The molecule has 0 rings (SSSR count). The van der Waals surface area contributed by atoms with Crippen molar-refractivity contribution in [3.63, 3.8) is 0 Å². The molecule has 31 heavy (non-hydrogen) atoms. The smallest absolute Gasteiger partial charge is 0.303 e. The Bertz CT molecular complexity index is 375. The lowest BCUT2D eigenvalue weighted by Gasteiger charge is -2.04. The summed E-state index contributed by atoms with van der Waals surface area (Å²) in [5.74, 6) is -0.651. The first-order chi connectivity index (χ1) is 15.3. The van der Waals surface area contributed by atoms with Crippen molar-refractivity contribution in [2.24, 2.45) is 0 Å². The van der Waals surface area contributed by atoms with Crippen molar-refractivity contribution < 1.29 is 9.90 Å². The normalized spacial score (nSPS) is 11.5. The predicted molar refractivity (Wildman–Crippen MR) is 138 cm³/mol. The predicted octanol–water partition coefficient (Wildman–Crippen LogP) is 10.4. The summed E-state index contributed by atoms with van der Waals surface area (Å²) >= 11 is 0. The van der Waals surface area contributed by atoms with E-state index in [-0.39, 0.29) is 0 Å². The zero-order valence-electron chi connectivity index (χ0n) is 21.2. The molecule has 2 heteroatoms. The van der Waals surface area contributed by atoms with Crippen molar-refractivity contribution in [2.75, 3.05) is 0 Å².